The van der Waals surface area contributed by atoms with Gasteiger partial charge in [-0.15, -0.1) is 0 Å². The molecule has 0 fully saturated rings. The summed E-state index contributed by atoms with van der Waals surface area (Å²) in [6.45, 7) is 3.88. The third kappa shape index (κ3) is 5.18. The first kappa shape index (κ1) is 17.2. The van der Waals surface area contributed by atoms with Crippen LogP contribution in [0.3, 0.4) is 0 Å². The van der Waals surface area contributed by atoms with Crippen LogP contribution in [0.4, 0.5) is 10.5 Å². The minimum absolute atomic E-state index is 0.0124. The van der Waals surface area contributed by atoms with E-state index in [9.17, 15) is 4.79 Å². The monoisotopic (exact) mass is 332 g/mol. The van der Waals surface area contributed by atoms with Crippen molar-refractivity contribution in [2.75, 3.05) is 12.4 Å². The molecule has 0 aliphatic carbocycles. The SMILES string of the molecule is COc1cccc(CC(C)NC(=O)Nc2cc(Cl)ccc2C)c1. The van der Waals surface area contributed by atoms with Gasteiger partial charge in [-0.05, 0) is 55.7 Å². The highest BCUT2D eigenvalue weighted by atomic mass is 35.5. The number of aryl methyl sites for hydroxylation is 1. The lowest BCUT2D eigenvalue weighted by atomic mass is 10.1. The number of halogens is 1. The maximum Gasteiger partial charge on any atom is 0.319 e. The Hall–Kier alpha value is -2.20. The van der Waals surface area contributed by atoms with Crippen LogP contribution in [-0.4, -0.2) is 19.2 Å². The van der Waals surface area contributed by atoms with E-state index in [-0.39, 0.29) is 12.1 Å². The van der Waals surface area contributed by atoms with Gasteiger partial charge < -0.3 is 15.4 Å². The van der Waals surface area contributed by atoms with Gasteiger partial charge in [0, 0.05) is 16.8 Å². The van der Waals surface area contributed by atoms with Crippen LogP contribution in [0, 0.1) is 6.92 Å². The molecule has 2 rings (SSSR count). The van der Waals surface area contributed by atoms with E-state index in [0.717, 1.165) is 23.3 Å². The van der Waals surface area contributed by atoms with Crippen molar-refractivity contribution in [3.8, 4) is 5.75 Å². The van der Waals surface area contributed by atoms with Gasteiger partial charge in [0.1, 0.15) is 5.75 Å². The Morgan fingerprint density at radius 1 is 1.26 bits per heavy atom. The quantitative estimate of drug-likeness (QED) is 0.852. The number of rotatable bonds is 5. The first-order chi connectivity index (χ1) is 11.0. The number of hydrogen-bond donors (Lipinski definition) is 2. The van der Waals surface area contributed by atoms with E-state index in [2.05, 4.69) is 10.6 Å². The zero-order valence-corrected chi connectivity index (χ0v) is 14.3. The number of amides is 2. The predicted molar refractivity (Wildman–Crippen MR) is 94.5 cm³/mol. The molecule has 2 amide bonds. The molecular weight excluding hydrogens is 312 g/mol. The topological polar surface area (TPSA) is 50.4 Å². The van der Waals surface area contributed by atoms with Gasteiger partial charge in [-0.25, -0.2) is 4.79 Å². The fourth-order valence-electron chi connectivity index (χ4n) is 2.32. The molecule has 0 aliphatic heterocycles. The predicted octanol–water partition coefficient (Wildman–Crippen LogP) is 4.41. The van der Waals surface area contributed by atoms with Crippen molar-refractivity contribution < 1.29 is 9.53 Å². The summed E-state index contributed by atoms with van der Waals surface area (Å²) in [4.78, 5) is 12.1. The molecule has 5 heteroatoms. The number of benzene rings is 2. The van der Waals surface area contributed by atoms with Crippen molar-refractivity contribution in [2.24, 2.45) is 0 Å². The van der Waals surface area contributed by atoms with Crippen molar-refractivity contribution >= 4 is 23.3 Å². The van der Waals surface area contributed by atoms with E-state index in [1.165, 1.54) is 0 Å². The molecule has 0 heterocycles. The van der Waals surface area contributed by atoms with E-state index in [1.54, 1.807) is 19.2 Å². The Bertz CT molecular complexity index is 688. The summed E-state index contributed by atoms with van der Waals surface area (Å²) in [6, 6.07) is 13.0. The summed E-state index contributed by atoms with van der Waals surface area (Å²) < 4.78 is 5.21. The maximum absolute atomic E-state index is 12.1. The van der Waals surface area contributed by atoms with Crippen LogP contribution < -0.4 is 15.4 Å². The van der Waals surface area contributed by atoms with E-state index in [1.807, 2.05) is 44.2 Å². The molecule has 0 saturated carbocycles. The summed E-state index contributed by atoms with van der Waals surface area (Å²) in [6.07, 6.45) is 0.721. The molecule has 1 unspecified atom stereocenters. The number of methoxy groups -OCH3 is 1. The Morgan fingerprint density at radius 3 is 2.78 bits per heavy atom. The molecule has 2 aromatic rings. The Morgan fingerprint density at radius 2 is 2.04 bits per heavy atom. The average Bonchev–Trinajstić information content (AvgIpc) is 2.50. The molecule has 0 radical (unpaired) electrons. The molecule has 23 heavy (non-hydrogen) atoms. The van der Waals surface area contributed by atoms with Crippen LogP contribution in [0.2, 0.25) is 5.02 Å². The molecule has 0 saturated heterocycles. The number of anilines is 1. The van der Waals surface area contributed by atoms with Gasteiger partial charge in [-0.2, -0.15) is 0 Å². The van der Waals surface area contributed by atoms with Crippen LogP contribution in [0.5, 0.6) is 5.75 Å². The van der Waals surface area contributed by atoms with Crippen LogP contribution in [0.15, 0.2) is 42.5 Å². The van der Waals surface area contributed by atoms with Crippen LogP contribution in [-0.2, 0) is 6.42 Å². The molecular formula is C18H21ClN2O2. The number of urea groups is 1. The van der Waals surface area contributed by atoms with E-state index < -0.39 is 0 Å². The van der Waals surface area contributed by atoms with Crippen molar-refractivity contribution in [3.63, 3.8) is 0 Å². The highest BCUT2D eigenvalue weighted by Crippen LogP contribution is 2.20. The van der Waals surface area contributed by atoms with Crippen molar-refractivity contribution in [2.45, 2.75) is 26.3 Å². The summed E-state index contributed by atoms with van der Waals surface area (Å²) in [5, 5.41) is 6.35. The zero-order valence-electron chi connectivity index (χ0n) is 13.5. The standard InChI is InChI=1S/C18H21ClN2O2/c1-12-7-8-15(19)11-17(12)21-18(22)20-13(2)9-14-5-4-6-16(10-14)23-3/h4-8,10-11,13H,9H2,1-3H3,(H2,20,21,22). The van der Waals surface area contributed by atoms with Gasteiger partial charge in [-0.1, -0.05) is 29.8 Å². The van der Waals surface area contributed by atoms with Gasteiger partial charge >= 0.3 is 6.03 Å². The van der Waals surface area contributed by atoms with Gasteiger partial charge in [0.2, 0.25) is 0 Å². The summed E-state index contributed by atoms with van der Waals surface area (Å²) >= 11 is 5.96. The fraction of sp³-hybridized carbons (Fsp3) is 0.278. The Labute approximate surface area is 141 Å². The van der Waals surface area contributed by atoms with Gasteiger partial charge in [0.05, 0.1) is 7.11 Å². The minimum Gasteiger partial charge on any atom is -0.497 e. The number of nitrogens with one attached hydrogen (secondary N) is 2. The lowest BCUT2D eigenvalue weighted by Crippen LogP contribution is -2.37. The number of hydrogen-bond acceptors (Lipinski definition) is 2. The molecule has 0 bridgehead atoms. The molecule has 0 aliphatic rings. The van der Waals surface area contributed by atoms with Crippen LogP contribution >= 0.6 is 11.6 Å². The second-order valence-corrected chi connectivity index (χ2v) is 5.95. The number of carbonyl (C=O) groups is 1. The highest BCUT2D eigenvalue weighted by molar-refractivity contribution is 6.31. The molecule has 1 atom stereocenters. The minimum atomic E-state index is -0.245. The lowest BCUT2D eigenvalue weighted by molar-refractivity contribution is 0.249. The normalized spacial score (nSPS) is 11.7. The number of ether oxygens (including phenoxy) is 1. The zero-order chi connectivity index (χ0) is 16.8. The molecule has 4 nitrogen and oxygen atoms in total. The first-order valence-corrected chi connectivity index (χ1v) is 7.82. The third-order valence-electron chi connectivity index (χ3n) is 3.50. The largest absolute Gasteiger partial charge is 0.497 e. The van der Waals surface area contributed by atoms with Crippen LogP contribution in [0.1, 0.15) is 18.1 Å². The van der Waals surface area contributed by atoms with Crippen LogP contribution in [0.25, 0.3) is 0 Å². The fourth-order valence-corrected chi connectivity index (χ4v) is 2.49. The van der Waals surface area contributed by atoms with Crippen molar-refractivity contribution in [1.82, 2.24) is 5.32 Å². The van der Waals surface area contributed by atoms with Gasteiger partial charge in [0.25, 0.3) is 0 Å². The van der Waals surface area contributed by atoms with Crippen molar-refractivity contribution in [3.05, 3.63) is 58.6 Å². The molecule has 2 N–H and O–H groups in total. The average molecular weight is 333 g/mol. The second kappa shape index (κ2) is 7.88. The van der Waals surface area contributed by atoms with Crippen molar-refractivity contribution in [1.29, 1.82) is 0 Å². The van der Waals surface area contributed by atoms with E-state index >= 15 is 0 Å². The second-order valence-electron chi connectivity index (χ2n) is 5.51. The summed E-state index contributed by atoms with van der Waals surface area (Å²) in [5.74, 6) is 0.814. The highest BCUT2D eigenvalue weighted by Gasteiger charge is 2.10. The Balaban J connectivity index is 1.92. The maximum atomic E-state index is 12.1. The first-order valence-electron chi connectivity index (χ1n) is 7.44. The number of carbonyl (C=O) groups excluding carboxylic acids is 1. The molecule has 0 aromatic heterocycles. The van der Waals surface area contributed by atoms with Gasteiger partial charge in [0.15, 0.2) is 0 Å². The van der Waals surface area contributed by atoms with E-state index in [4.69, 9.17) is 16.3 Å². The lowest BCUT2D eigenvalue weighted by Gasteiger charge is -2.16. The summed E-state index contributed by atoms with van der Waals surface area (Å²) in [5.41, 5.74) is 2.78. The van der Waals surface area contributed by atoms with Gasteiger partial charge in [-0.3, -0.25) is 0 Å². The van der Waals surface area contributed by atoms with E-state index in [0.29, 0.717) is 10.7 Å². The Kier molecular flexibility index (Phi) is 5.88. The molecule has 2 aromatic carbocycles. The third-order valence-corrected chi connectivity index (χ3v) is 3.74. The molecule has 0 spiro atoms. The molecule has 122 valence electrons. The smallest absolute Gasteiger partial charge is 0.319 e. The summed E-state index contributed by atoms with van der Waals surface area (Å²) in [7, 11) is 1.64.